The molecule has 1 aromatic heterocycles. The Bertz CT molecular complexity index is 444. The Balaban J connectivity index is 2.73. The van der Waals surface area contributed by atoms with Gasteiger partial charge in [-0.3, -0.25) is 14.3 Å². The lowest BCUT2D eigenvalue weighted by molar-refractivity contribution is -0.123. The van der Waals surface area contributed by atoms with E-state index < -0.39 is 5.91 Å². The van der Waals surface area contributed by atoms with Gasteiger partial charge in [0.25, 0.3) is 5.91 Å². The van der Waals surface area contributed by atoms with E-state index in [2.05, 4.69) is 10.4 Å². The number of aromatic nitrogens is 2. The lowest BCUT2D eigenvalue weighted by atomic mass is 10.1. The number of nitrogens with zero attached hydrogens (tertiary/aromatic N) is 2. The van der Waals surface area contributed by atoms with E-state index in [-0.39, 0.29) is 29.4 Å². The molecule has 0 saturated heterocycles. The number of amides is 2. The third-order valence-corrected chi connectivity index (χ3v) is 1.84. The van der Waals surface area contributed by atoms with Crippen molar-refractivity contribution in [2.45, 2.75) is 32.9 Å². The highest BCUT2D eigenvalue weighted by Crippen LogP contribution is 2.08. The van der Waals surface area contributed by atoms with Crippen LogP contribution in [0.15, 0.2) is 6.20 Å². The molecule has 0 aromatic carbocycles. The molecule has 0 aliphatic rings. The molecule has 2 amide bonds. The maximum Gasteiger partial charge on any atom is 0.271 e. The Hall–Kier alpha value is -2.05. The predicted octanol–water partition coefficient (Wildman–Crippen LogP) is -0.521. The summed E-state index contributed by atoms with van der Waals surface area (Å²) in [6.07, 6.45) is 1.41. The molecule has 5 N–H and O–H groups in total. The van der Waals surface area contributed by atoms with Crippen LogP contribution in [-0.2, 0) is 11.3 Å². The van der Waals surface area contributed by atoms with Crippen molar-refractivity contribution in [2.24, 2.45) is 5.73 Å². The van der Waals surface area contributed by atoms with E-state index in [4.69, 9.17) is 11.5 Å². The van der Waals surface area contributed by atoms with E-state index in [0.29, 0.717) is 0 Å². The highest BCUT2D eigenvalue weighted by Gasteiger charge is 2.16. The molecule has 0 radical (unpaired) electrons. The van der Waals surface area contributed by atoms with Crippen molar-refractivity contribution in [1.29, 1.82) is 0 Å². The minimum absolute atomic E-state index is 0.00521. The zero-order chi connectivity index (χ0) is 13.2. The van der Waals surface area contributed by atoms with Crippen LogP contribution < -0.4 is 16.8 Å². The predicted molar refractivity (Wildman–Crippen MR) is 63.1 cm³/mol. The van der Waals surface area contributed by atoms with Gasteiger partial charge < -0.3 is 16.8 Å². The summed E-state index contributed by atoms with van der Waals surface area (Å²) in [5.41, 5.74) is 10.4. The molecule has 1 heterocycles. The van der Waals surface area contributed by atoms with Gasteiger partial charge in [-0.05, 0) is 20.8 Å². The van der Waals surface area contributed by atoms with Gasteiger partial charge in [-0.1, -0.05) is 0 Å². The molecule has 0 spiro atoms. The molecule has 0 atom stereocenters. The molecule has 0 unspecified atom stereocenters. The van der Waals surface area contributed by atoms with Crippen LogP contribution in [0.3, 0.4) is 0 Å². The van der Waals surface area contributed by atoms with Crippen molar-refractivity contribution in [3.63, 3.8) is 0 Å². The lowest BCUT2D eigenvalue weighted by Gasteiger charge is -2.20. The minimum atomic E-state index is -0.711. The van der Waals surface area contributed by atoms with Gasteiger partial charge in [-0.15, -0.1) is 0 Å². The number of rotatable bonds is 3. The van der Waals surface area contributed by atoms with Crippen molar-refractivity contribution in [1.82, 2.24) is 15.1 Å². The Morgan fingerprint density at radius 3 is 2.47 bits per heavy atom. The third-order valence-electron chi connectivity index (χ3n) is 1.84. The first kappa shape index (κ1) is 13.0. The normalized spacial score (nSPS) is 11.2. The van der Waals surface area contributed by atoms with Crippen molar-refractivity contribution in [3.05, 3.63) is 11.9 Å². The summed E-state index contributed by atoms with van der Waals surface area (Å²) >= 11 is 0. The first-order valence-corrected chi connectivity index (χ1v) is 5.13. The van der Waals surface area contributed by atoms with E-state index in [0.717, 1.165) is 0 Å². The second-order valence-corrected chi connectivity index (χ2v) is 4.79. The minimum Gasteiger partial charge on any atom is -0.396 e. The number of carbonyl (C=O) groups is 2. The van der Waals surface area contributed by atoms with Crippen LogP contribution in [0, 0.1) is 0 Å². The first-order valence-electron chi connectivity index (χ1n) is 5.13. The van der Waals surface area contributed by atoms with Crippen molar-refractivity contribution in [3.8, 4) is 0 Å². The van der Waals surface area contributed by atoms with Gasteiger partial charge in [0.1, 0.15) is 6.54 Å². The SMILES string of the molecule is CC(C)(C)NC(=O)Cn1cc(N)c(C(N)=O)n1. The number of hydrogen-bond donors (Lipinski definition) is 3. The molecule has 94 valence electrons. The summed E-state index contributed by atoms with van der Waals surface area (Å²) < 4.78 is 1.29. The third kappa shape index (κ3) is 3.78. The van der Waals surface area contributed by atoms with Crippen LogP contribution >= 0.6 is 0 Å². The van der Waals surface area contributed by atoms with Gasteiger partial charge in [-0.2, -0.15) is 5.10 Å². The fraction of sp³-hybridized carbons (Fsp3) is 0.500. The van der Waals surface area contributed by atoms with E-state index in [9.17, 15) is 9.59 Å². The second-order valence-electron chi connectivity index (χ2n) is 4.79. The summed E-state index contributed by atoms with van der Waals surface area (Å²) in [6.45, 7) is 5.61. The van der Waals surface area contributed by atoms with E-state index in [1.807, 2.05) is 20.8 Å². The molecule has 0 fully saturated rings. The van der Waals surface area contributed by atoms with Crippen LogP contribution in [0.2, 0.25) is 0 Å². The monoisotopic (exact) mass is 239 g/mol. The van der Waals surface area contributed by atoms with Gasteiger partial charge in [0.15, 0.2) is 5.69 Å². The molecular formula is C10H17N5O2. The zero-order valence-corrected chi connectivity index (χ0v) is 10.2. The molecule has 17 heavy (non-hydrogen) atoms. The number of primary amides is 1. The summed E-state index contributed by atoms with van der Waals surface area (Å²) in [7, 11) is 0. The number of anilines is 1. The van der Waals surface area contributed by atoms with Crippen molar-refractivity contribution < 1.29 is 9.59 Å². The Morgan fingerprint density at radius 1 is 1.47 bits per heavy atom. The number of nitrogens with two attached hydrogens (primary N) is 2. The molecule has 7 nitrogen and oxygen atoms in total. The highest BCUT2D eigenvalue weighted by molar-refractivity contribution is 5.95. The Morgan fingerprint density at radius 2 is 2.06 bits per heavy atom. The number of hydrogen-bond acceptors (Lipinski definition) is 4. The van der Waals surface area contributed by atoms with Gasteiger partial charge in [0.2, 0.25) is 5.91 Å². The average molecular weight is 239 g/mol. The number of nitrogen functional groups attached to an aromatic ring is 1. The Labute approximate surface area is 99.1 Å². The standard InChI is InChI=1S/C10H17N5O2/c1-10(2,3)13-7(16)5-15-4-6(11)8(14-15)9(12)17/h4H,5,11H2,1-3H3,(H2,12,17)(H,13,16). The summed E-state index contributed by atoms with van der Waals surface area (Å²) in [4.78, 5) is 22.5. The van der Waals surface area contributed by atoms with Crippen molar-refractivity contribution in [2.75, 3.05) is 5.73 Å². The van der Waals surface area contributed by atoms with Crippen LogP contribution in [0.4, 0.5) is 5.69 Å². The largest absolute Gasteiger partial charge is 0.396 e. The first-order chi connectivity index (χ1) is 7.69. The van der Waals surface area contributed by atoms with Crippen molar-refractivity contribution >= 4 is 17.5 Å². The van der Waals surface area contributed by atoms with Gasteiger partial charge in [0, 0.05) is 11.7 Å². The molecule has 0 aliphatic heterocycles. The zero-order valence-electron chi connectivity index (χ0n) is 10.2. The number of carbonyl (C=O) groups excluding carboxylic acids is 2. The quantitative estimate of drug-likeness (QED) is 0.658. The maximum absolute atomic E-state index is 11.6. The second kappa shape index (κ2) is 4.44. The van der Waals surface area contributed by atoms with Crippen LogP contribution in [0.1, 0.15) is 31.3 Å². The van der Waals surface area contributed by atoms with E-state index in [1.54, 1.807) is 0 Å². The van der Waals surface area contributed by atoms with E-state index >= 15 is 0 Å². The molecule has 1 aromatic rings. The fourth-order valence-corrected chi connectivity index (χ4v) is 1.31. The number of nitrogens with one attached hydrogen (secondary N) is 1. The van der Waals surface area contributed by atoms with Crippen LogP contribution in [-0.4, -0.2) is 27.1 Å². The maximum atomic E-state index is 11.6. The average Bonchev–Trinajstić information content (AvgIpc) is 2.42. The highest BCUT2D eigenvalue weighted by atomic mass is 16.2. The van der Waals surface area contributed by atoms with Gasteiger partial charge >= 0.3 is 0 Å². The van der Waals surface area contributed by atoms with E-state index in [1.165, 1.54) is 10.9 Å². The van der Waals surface area contributed by atoms with Crippen LogP contribution in [0.25, 0.3) is 0 Å². The molecule has 0 saturated carbocycles. The summed E-state index contributed by atoms with van der Waals surface area (Å²) in [5, 5.41) is 6.60. The summed E-state index contributed by atoms with van der Waals surface area (Å²) in [6, 6.07) is 0. The van der Waals surface area contributed by atoms with Gasteiger partial charge in [-0.25, -0.2) is 0 Å². The van der Waals surface area contributed by atoms with Crippen LogP contribution in [0.5, 0.6) is 0 Å². The molecule has 0 aliphatic carbocycles. The molecular weight excluding hydrogens is 222 g/mol. The van der Waals surface area contributed by atoms with Gasteiger partial charge in [0.05, 0.1) is 5.69 Å². The Kier molecular flexibility index (Phi) is 3.40. The molecule has 0 bridgehead atoms. The summed E-state index contributed by atoms with van der Waals surface area (Å²) in [5.74, 6) is -0.923. The topological polar surface area (TPSA) is 116 Å². The molecule has 7 heteroatoms. The smallest absolute Gasteiger partial charge is 0.271 e. The lowest BCUT2D eigenvalue weighted by Crippen LogP contribution is -2.42. The fourth-order valence-electron chi connectivity index (χ4n) is 1.31. The molecule has 1 rings (SSSR count).